The molecule has 0 saturated heterocycles. The van der Waals surface area contributed by atoms with Crippen molar-refractivity contribution in [2.45, 2.75) is 380 Å². The molecule has 3 unspecified atom stereocenters. The fourth-order valence-corrected chi connectivity index (χ4v) is 11.8. The fraction of sp³-hybridized carbons (Fsp3) is 0.844. The number of allylic oxidation sites excluding steroid dienone is 9. The second kappa shape index (κ2) is 66.6. The lowest BCUT2D eigenvalue weighted by Gasteiger charge is -2.30. The van der Waals surface area contributed by atoms with Crippen LogP contribution in [0.5, 0.6) is 0 Å². The van der Waals surface area contributed by atoms with Gasteiger partial charge in [0.15, 0.2) is 0 Å². The van der Waals surface area contributed by atoms with E-state index < -0.39 is 20.0 Å². The number of rotatable bonds is 69. The number of ether oxygens (including phenoxy) is 1. The van der Waals surface area contributed by atoms with Crippen LogP contribution in [0.15, 0.2) is 60.8 Å². The summed E-state index contributed by atoms with van der Waals surface area (Å²) in [7, 11) is 1.19. The van der Waals surface area contributed by atoms with Crippen molar-refractivity contribution in [3.05, 3.63) is 60.8 Å². The highest BCUT2D eigenvalue weighted by molar-refractivity contribution is 7.45. The summed E-state index contributed by atoms with van der Waals surface area (Å²) in [5.41, 5.74) is 0. The second-order valence-corrected chi connectivity index (χ2v) is 28.2. The van der Waals surface area contributed by atoms with Gasteiger partial charge in [-0.3, -0.25) is 14.2 Å². The van der Waals surface area contributed by atoms with Crippen LogP contribution >= 0.6 is 7.82 Å². The number of hydrogen-bond acceptors (Lipinski definition) is 7. The number of likely N-dealkylation sites (N-methyl/N-ethyl adjacent to an activating group) is 1. The maximum Gasteiger partial charge on any atom is 0.306 e. The van der Waals surface area contributed by atoms with Gasteiger partial charge < -0.3 is 28.5 Å². The topological polar surface area (TPSA) is 114 Å². The zero-order valence-electron chi connectivity index (χ0n) is 58.5. The number of phosphoric acid groups is 1. The molecule has 0 heterocycles. The Morgan fingerprint density at radius 1 is 0.402 bits per heavy atom. The number of amides is 1. The van der Waals surface area contributed by atoms with Gasteiger partial charge in [-0.25, -0.2) is 0 Å². The maximum absolute atomic E-state index is 13.6. The Hall–Kier alpha value is -2.29. The van der Waals surface area contributed by atoms with Gasteiger partial charge >= 0.3 is 5.97 Å². The van der Waals surface area contributed by atoms with Crippen LogP contribution in [-0.2, 0) is 27.9 Å². The van der Waals surface area contributed by atoms with Crippen LogP contribution in [0.1, 0.15) is 367 Å². The van der Waals surface area contributed by atoms with E-state index in [9.17, 15) is 19.0 Å². The normalized spacial score (nSPS) is 13.8. The Kier molecular flexibility index (Phi) is 64.9. The number of nitrogens with zero attached hydrogens (tertiary/aromatic N) is 1. The molecule has 0 aliphatic carbocycles. The van der Waals surface area contributed by atoms with E-state index in [4.69, 9.17) is 13.8 Å². The number of esters is 1. The summed E-state index contributed by atoms with van der Waals surface area (Å²) < 4.78 is 30.5. The van der Waals surface area contributed by atoms with Gasteiger partial charge in [0.05, 0.1) is 33.8 Å². The third kappa shape index (κ3) is 67.9. The summed E-state index contributed by atoms with van der Waals surface area (Å²) in [6.45, 7) is 6.85. The Labute approximate surface area is 541 Å². The minimum atomic E-state index is -4.71. The van der Waals surface area contributed by atoms with Gasteiger partial charge in [0.1, 0.15) is 19.3 Å². The van der Waals surface area contributed by atoms with E-state index in [1.165, 1.54) is 263 Å². The Bertz CT molecular complexity index is 1670. The SMILES string of the molecule is CCCCC/C=C\C/C=C\C/C=C\CCCCCCCCCCCCC(=O)OC(/C=C\CCCCCCCCCCC)C(COP(=O)([O-])OCC[N+](C)(C)C)NC(=O)CCCCCCCCCCCCCCCCCCC/C=C/CCCCCCCC. The summed E-state index contributed by atoms with van der Waals surface area (Å²) in [6, 6.07) is -0.890. The van der Waals surface area contributed by atoms with Gasteiger partial charge in [-0.15, -0.1) is 0 Å². The van der Waals surface area contributed by atoms with E-state index in [1.807, 2.05) is 33.3 Å². The number of carbonyl (C=O) groups excluding carboxylic acids is 2. The zero-order chi connectivity index (χ0) is 63.5. The number of hydrogen-bond donors (Lipinski definition) is 1. The Morgan fingerprint density at radius 2 is 0.701 bits per heavy atom. The fourth-order valence-electron chi connectivity index (χ4n) is 11.1. The van der Waals surface area contributed by atoms with Crippen molar-refractivity contribution in [2.24, 2.45) is 0 Å². The molecule has 0 aromatic heterocycles. The first-order valence-electron chi connectivity index (χ1n) is 37.6. The van der Waals surface area contributed by atoms with Crippen LogP contribution in [0.2, 0.25) is 0 Å². The third-order valence-electron chi connectivity index (χ3n) is 16.9. The van der Waals surface area contributed by atoms with Crippen LogP contribution in [0, 0.1) is 0 Å². The van der Waals surface area contributed by atoms with E-state index in [0.717, 1.165) is 70.6 Å². The minimum absolute atomic E-state index is 0.0223. The smallest absolute Gasteiger partial charge is 0.306 e. The summed E-state index contributed by atoms with van der Waals surface area (Å²) in [4.78, 5) is 40.2. The predicted octanol–water partition coefficient (Wildman–Crippen LogP) is 23.5. The largest absolute Gasteiger partial charge is 0.756 e. The second-order valence-electron chi connectivity index (χ2n) is 26.8. The van der Waals surface area contributed by atoms with Crippen molar-refractivity contribution in [3.8, 4) is 0 Å². The molecule has 1 amide bonds. The first kappa shape index (κ1) is 84.7. The molecule has 9 nitrogen and oxygen atoms in total. The molecule has 0 bridgehead atoms. The number of quaternary nitrogens is 1. The van der Waals surface area contributed by atoms with Crippen molar-refractivity contribution in [2.75, 3.05) is 40.9 Å². The van der Waals surface area contributed by atoms with Gasteiger partial charge in [0.25, 0.3) is 7.82 Å². The summed E-state index contributed by atoms with van der Waals surface area (Å²) in [5.74, 6) is -0.531. The molecule has 0 aliphatic rings. The van der Waals surface area contributed by atoms with Crippen LogP contribution in [0.3, 0.4) is 0 Å². The van der Waals surface area contributed by atoms with Gasteiger partial charge in [-0.05, 0) is 96.0 Å². The van der Waals surface area contributed by atoms with E-state index in [0.29, 0.717) is 17.4 Å². The Morgan fingerprint density at radius 3 is 1.08 bits per heavy atom. The lowest BCUT2D eigenvalue weighted by molar-refractivity contribution is -0.870. The highest BCUT2D eigenvalue weighted by atomic mass is 31.2. The zero-order valence-corrected chi connectivity index (χ0v) is 59.4. The molecular weight excluding hydrogens is 1100 g/mol. The maximum atomic E-state index is 13.6. The van der Waals surface area contributed by atoms with Gasteiger partial charge in [0, 0.05) is 12.8 Å². The molecule has 0 radical (unpaired) electrons. The van der Waals surface area contributed by atoms with Crippen LogP contribution in [0.4, 0.5) is 0 Å². The molecule has 510 valence electrons. The molecule has 0 spiro atoms. The first-order valence-corrected chi connectivity index (χ1v) is 39.1. The average molecular weight is 1240 g/mol. The van der Waals surface area contributed by atoms with Crippen molar-refractivity contribution in [1.82, 2.24) is 5.32 Å². The van der Waals surface area contributed by atoms with E-state index in [1.54, 1.807) is 0 Å². The third-order valence-corrected chi connectivity index (χ3v) is 17.9. The van der Waals surface area contributed by atoms with Crippen molar-refractivity contribution in [1.29, 1.82) is 0 Å². The predicted molar refractivity (Wildman–Crippen MR) is 376 cm³/mol. The molecule has 0 rings (SSSR count). The lowest BCUT2D eigenvalue weighted by atomic mass is 10.0. The van der Waals surface area contributed by atoms with Gasteiger partial charge in [-0.1, -0.05) is 319 Å². The first-order chi connectivity index (χ1) is 42.4. The number of nitrogens with one attached hydrogen (secondary N) is 1. The Balaban J connectivity index is 4.93. The molecule has 1 N–H and O–H groups in total. The summed E-state index contributed by atoms with van der Waals surface area (Å²) in [6.07, 6.45) is 86.4. The van der Waals surface area contributed by atoms with E-state index in [2.05, 4.69) is 74.7 Å². The van der Waals surface area contributed by atoms with Gasteiger partial charge in [-0.2, -0.15) is 0 Å². The molecule has 3 atom stereocenters. The quantitative estimate of drug-likeness (QED) is 0.0212. The summed E-state index contributed by atoms with van der Waals surface area (Å²) in [5, 5.41) is 3.05. The number of unbranched alkanes of at least 4 members (excludes halogenated alkanes) is 45. The van der Waals surface area contributed by atoms with E-state index >= 15 is 0 Å². The van der Waals surface area contributed by atoms with E-state index in [-0.39, 0.29) is 31.5 Å². The molecule has 0 fully saturated rings. The number of carbonyl (C=O) groups is 2. The highest BCUT2D eigenvalue weighted by Crippen LogP contribution is 2.38. The molecule has 0 aromatic rings. The molecular formula is C77H145N2O7P. The molecule has 87 heavy (non-hydrogen) atoms. The highest BCUT2D eigenvalue weighted by Gasteiger charge is 2.27. The lowest BCUT2D eigenvalue weighted by Crippen LogP contribution is -2.47. The minimum Gasteiger partial charge on any atom is -0.756 e. The molecule has 0 saturated carbocycles. The van der Waals surface area contributed by atoms with Crippen LogP contribution in [-0.4, -0.2) is 69.4 Å². The summed E-state index contributed by atoms with van der Waals surface area (Å²) >= 11 is 0. The van der Waals surface area contributed by atoms with Crippen LogP contribution in [0.25, 0.3) is 0 Å². The number of phosphoric ester groups is 1. The molecule has 0 aromatic carbocycles. The van der Waals surface area contributed by atoms with Gasteiger partial charge in [0.2, 0.25) is 5.91 Å². The molecule has 0 aliphatic heterocycles. The van der Waals surface area contributed by atoms with Crippen molar-refractivity contribution >= 4 is 19.7 Å². The standard InChI is InChI=1S/C77H145N2O7P/c1-7-10-13-16-19-22-25-27-29-31-33-35-37-38-39-40-42-43-45-47-49-51-54-57-60-63-66-69-76(80)78-74(73-85-87(82,83)84-72-71-79(4,5)6)75(68-65-62-59-56-53-24-21-18-15-12-9-3)86-77(81)70-67-64-61-58-55-52-50-48-46-44-41-36-34-32-30-28-26-23-20-17-14-11-8-2/h20,23,27-30,34,36,65,68,74-75H,7-19,21-22,24-26,31-33,35,37-64,66-67,69-73H2,1-6H3,(H-,78,80,82,83)/b23-20-,29-27+,30-28-,36-34-,68-65-. The molecule has 10 heteroatoms. The van der Waals surface area contributed by atoms with Crippen molar-refractivity contribution < 1.29 is 37.3 Å². The monoisotopic (exact) mass is 1240 g/mol. The van der Waals surface area contributed by atoms with Crippen molar-refractivity contribution in [3.63, 3.8) is 0 Å². The van der Waals surface area contributed by atoms with Crippen LogP contribution < -0.4 is 10.2 Å². The average Bonchev–Trinajstić information content (AvgIpc) is 3.70.